The van der Waals surface area contributed by atoms with Gasteiger partial charge >= 0.3 is 0 Å². The Morgan fingerprint density at radius 3 is 2.45 bits per heavy atom. The zero-order valence-corrected chi connectivity index (χ0v) is 18.9. The Morgan fingerprint density at radius 1 is 1.19 bits per heavy atom. The van der Waals surface area contributed by atoms with Gasteiger partial charge in [-0.3, -0.25) is 9.59 Å². The maximum absolute atomic E-state index is 13.5. The summed E-state index contributed by atoms with van der Waals surface area (Å²) in [6.07, 6.45) is 2.32. The predicted molar refractivity (Wildman–Crippen MR) is 119 cm³/mol. The highest BCUT2D eigenvalue weighted by Crippen LogP contribution is 2.40. The highest BCUT2D eigenvalue weighted by Gasteiger charge is 2.44. The van der Waals surface area contributed by atoms with Crippen molar-refractivity contribution >= 4 is 23.0 Å². The molecule has 1 N–H and O–H groups in total. The second-order valence-electron chi connectivity index (χ2n) is 7.96. The summed E-state index contributed by atoms with van der Waals surface area (Å²) in [4.78, 5) is 35.3. The van der Waals surface area contributed by atoms with Gasteiger partial charge in [-0.15, -0.1) is 11.3 Å². The third-order valence-electron chi connectivity index (χ3n) is 5.95. The van der Waals surface area contributed by atoms with Gasteiger partial charge in [0, 0.05) is 13.1 Å². The monoisotopic (exact) mass is 441 g/mol. The number of aryl methyl sites for hydroxylation is 2. The molecule has 1 aromatic heterocycles. The Bertz CT molecular complexity index is 1020. The van der Waals surface area contributed by atoms with E-state index in [2.05, 4.69) is 9.88 Å². The lowest BCUT2D eigenvalue weighted by atomic mass is 9.95. The summed E-state index contributed by atoms with van der Waals surface area (Å²) in [7, 11) is 1.59. The summed E-state index contributed by atoms with van der Waals surface area (Å²) >= 11 is 1.29. The topological polar surface area (TPSA) is 83.0 Å². The first-order chi connectivity index (χ1) is 14.9. The minimum atomic E-state index is -0.643. The number of carbonyl (C=O) groups excluding carboxylic acids is 2. The smallest absolute Gasteiger partial charge is 0.290 e. The van der Waals surface area contributed by atoms with Crippen LogP contribution in [-0.4, -0.2) is 64.9 Å². The van der Waals surface area contributed by atoms with E-state index in [9.17, 15) is 14.7 Å². The number of Topliss-reactive ketones (excluding diaryl/α,β-unsaturated/α-hetero) is 1. The Hall–Kier alpha value is -2.71. The van der Waals surface area contributed by atoms with Gasteiger partial charge in [-0.2, -0.15) is 0 Å². The molecule has 0 spiro atoms. The van der Waals surface area contributed by atoms with Crippen molar-refractivity contribution in [1.82, 2.24) is 14.8 Å². The molecule has 7 nitrogen and oxygen atoms in total. The number of carbonyl (C=O) groups is 2. The fourth-order valence-electron chi connectivity index (χ4n) is 4.37. The molecule has 2 aromatic rings. The zero-order valence-electron chi connectivity index (χ0n) is 18.1. The summed E-state index contributed by atoms with van der Waals surface area (Å²) in [5.74, 6) is -0.606. The van der Waals surface area contributed by atoms with Gasteiger partial charge in [0.05, 0.1) is 34.3 Å². The maximum atomic E-state index is 13.5. The number of hydrogen-bond donors (Lipinski definition) is 1. The van der Waals surface area contributed by atoms with Crippen LogP contribution in [0.15, 0.2) is 35.6 Å². The average molecular weight is 442 g/mol. The van der Waals surface area contributed by atoms with E-state index in [1.807, 2.05) is 19.1 Å². The number of rotatable bonds is 7. The Kier molecular flexibility index (Phi) is 6.11. The Labute approximate surface area is 186 Å². The van der Waals surface area contributed by atoms with Crippen LogP contribution in [-0.2, 0) is 4.79 Å². The first-order valence-electron chi connectivity index (χ1n) is 10.5. The maximum Gasteiger partial charge on any atom is 0.290 e. The van der Waals surface area contributed by atoms with E-state index in [0.29, 0.717) is 29.4 Å². The number of aliphatic hydroxyl groups excluding tert-OH is 1. The zero-order chi connectivity index (χ0) is 22.1. The second kappa shape index (κ2) is 8.80. The molecule has 8 heteroatoms. The quantitative estimate of drug-likeness (QED) is 0.663. The fourth-order valence-corrected chi connectivity index (χ4v) is 5.24. The lowest BCUT2D eigenvalue weighted by Gasteiger charge is -2.28. The SMILES string of the molecule is COc1ccc(C2C(C(=O)c3sc(C)nc3C)=C(O)C(=O)N2CCN2CCCC2)cc1. The summed E-state index contributed by atoms with van der Waals surface area (Å²) < 4.78 is 5.26. The van der Waals surface area contributed by atoms with E-state index in [1.165, 1.54) is 11.3 Å². The largest absolute Gasteiger partial charge is 0.503 e. The van der Waals surface area contributed by atoms with Crippen molar-refractivity contribution in [2.45, 2.75) is 32.7 Å². The van der Waals surface area contributed by atoms with Crippen molar-refractivity contribution < 1.29 is 19.4 Å². The molecule has 1 aromatic carbocycles. The van der Waals surface area contributed by atoms with Gasteiger partial charge < -0.3 is 19.6 Å². The summed E-state index contributed by atoms with van der Waals surface area (Å²) in [5, 5.41) is 11.6. The molecule has 1 atom stereocenters. The van der Waals surface area contributed by atoms with Gasteiger partial charge in [0.15, 0.2) is 5.76 Å². The van der Waals surface area contributed by atoms with E-state index in [4.69, 9.17) is 4.74 Å². The standard InChI is InChI=1S/C23H27N3O4S/c1-14-22(31-15(2)24-14)20(27)18-19(16-6-8-17(30-3)9-7-16)26(23(29)21(18)28)13-12-25-10-4-5-11-25/h6-9,19,28H,4-5,10-13H2,1-3H3. The molecule has 0 radical (unpaired) electrons. The molecule has 2 aliphatic heterocycles. The lowest BCUT2D eigenvalue weighted by Crippen LogP contribution is -2.37. The number of ketones is 1. The Morgan fingerprint density at radius 2 is 1.87 bits per heavy atom. The minimum Gasteiger partial charge on any atom is -0.503 e. The van der Waals surface area contributed by atoms with Crippen LogP contribution in [0.1, 0.15) is 44.8 Å². The number of hydrogen-bond acceptors (Lipinski definition) is 7. The van der Waals surface area contributed by atoms with E-state index in [0.717, 1.165) is 36.5 Å². The first kappa shape index (κ1) is 21.5. The van der Waals surface area contributed by atoms with Crippen LogP contribution in [0.5, 0.6) is 5.75 Å². The number of benzene rings is 1. The molecule has 164 valence electrons. The van der Waals surface area contributed by atoms with Gasteiger partial charge in [-0.1, -0.05) is 12.1 Å². The van der Waals surface area contributed by atoms with Crippen LogP contribution in [0, 0.1) is 13.8 Å². The van der Waals surface area contributed by atoms with Crippen molar-refractivity contribution in [1.29, 1.82) is 0 Å². The fraction of sp³-hybridized carbons (Fsp3) is 0.435. The second-order valence-corrected chi connectivity index (χ2v) is 9.17. The molecule has 0 aliphatic carbocycles. The first-order valence-corrected chi connectivity index (χ1v) is 11.3. The molecule has 1 unspecified atom stereocenters. The highest BCUT2D eigenvalue weighted by molar-refractivity contribution is 7.14. The molecule has 0 saturated carbocycles. The number of aromatic nitrogens is 1. The lowest BCUT2D eigenvalue weighted by molar-refractivity contribution is -0.129. The summed E-state index contributed by atoms with van der Waals surface area (Å²) in [5.41, 5.74) is 1.51. The molecular weight excluding hydrogens is 414 g/mol. The third-order valence-corrected chi connectivity index (χ3v) is 7.02. The van der Waals surface area contributed by atoms with Crippen LogP contribution < -0.4 is 4.74 Å². The number of nitrogens with zero attached hydrogens (tertiary/aromatic N) is 3. The van der Waals surface area contributed by atoms with Gasteiger partial charge in [0.25, 0.3) is 5.91 Å². The van der Waals surface area contributed by atoms with Crippen LogP contribution in [0.3, 0.4) is 0 Å². The molecule has 0 bridgehead atoms. The third kappa shape index (κ3) is 4.09. The van der Waals surface area contributed by atoms with Crippen LogP contribution in [0.2, 0.25) is 0 Å². The van der Waals surface area contributed by atoms with Crippen LogP contribution in [0.25, 0.3) is 0 Å². The van der Waals surface area contributed by atoms with Gasteiger partial charge in [-0.05, 0) is 57.5 Å². The molecule has 4 rings (SSSR count). The molecule has 1 amide bonds. The minimum absolute atomic E-state index is 0.128. The van der Waals surface area contributed by atoms with Gasteiger partial charge in [0.2, 0.25) is 5.78 Å². The molecule has 3 heterocycles. The molecule has 2 aliphatic rings. The van der Waals surface area contributed by atoms with Gasteiger partial charge in [-0.25, -0.2) is 4.98 Å². The van der Waals surface area contributed by atoms with Crippen molar-refractivity contribution in [3.8, 4) is 5.75 Å². The number of methoxy groups -OCH3 is 1. The number of amides is 1. The van der Waals surface area contributed by atoms with E-state index in [1.54, 1.807) is 31.1 Å². The van der Waals surface area contributed by atoms with Crippen molar-refractivity contribution in [2.75, 3.05) is 33.3 Å². The molecule has 1 fully saturated rings. The summed E-state index contributed by atoms with van der Waals surface area (Å²) in [6.45, 7) is 6.80. The van der Waals surface area contributed by atoms with Crippen LogP contribution >= 0.6 is 11.3 Å². The number of likely N-dealkylation sites (tertiary alicyclic amines) is 1. The molecular formula is C23H27N3O4S. The van der Waals surface area contributed by atoms with Crippen molar-refractivity contribution in [3.63, 3.8) is 0 Å². The Balaban J connectivity index is 1.71. The van der Waals surface area contributed by atoms with Crippen molar-refractivity contribution in [2.24, 2.45) is 0 Å². The number of thiazole rings is 1. The summed E-state index contributed by atoms with van der Waals surface area (Å²) in [6, 6.07) is 6.65. The molecule has 31 heavy (non-hydrogen) atoms. The highest BCUT2D eigenvalue weighted by atomic mass is 32.1. The van der Waals surface area contributed by atoms with Crippen molar-refractivity contribution in [3.05, 3.63) is 56.7 Å². The average Bonchev–Trinajstić information content (AvgIpc) is 3.46. The molecule has 1 saturated heterocycles. The number of aliphatic hydroxyl groups is 1. The normalized spacial score (nSPS) is 19.5. The number of ether oxygens (including phenoxy) is 1. The van der Waals surface area contributed by atoms with E-state index in [-0.39, 0.29) is 11.4 Å². The van der Waals surface area contributed by atoms with E-state index >= 15 is 0 Å². The van der Waals surface area contributed by atoms with Gasteiger partial charge in [0.1, 0.15) is 5.75 Å². The van der Waals surface area contributed by atoms with Crippen LogP contribution in [0.4, 0.5) is 0 Å². The predicted octanol–water partition coefficient (Wildman–Crippen LogP) is 3.44. The van der Waals surface area contributed by atoms with E-state index < -0.39 is 17.7 Å².